The zero-order valence-electron chi connectivity index (χ0n) is 11.0. The average molecular weight is 266 g/mol. The summed E-state index contributed by atoms with van der Waals surface area (Å²) in [4.78, 5) is 4.30. The molecular weight excluding hydrogens is 251 g/mol. The zero-order chi connectivity index (χ0) is 13.8. The van der Waals surface area contributed by atoms with Gasteiger partial charge in [-0.05, 0) is 41.5 Å². The smallest absolute Gasteiger partial charge is 0.123 e. The average Bonchev–Trinajstić information content (AvgIpc) is 2.47. The third kappa shape index (κ3) is 3.00. The maximum atomic E-state index is 13.1. The lowest BCUT2D eigenvalue weighted by atomic mass is 10.1. The summed E-state index contributed by atoms with van der Waals surface area (Å²) in [6, 6.07) is 16.9. The van der Waals surface area contributed by atoms with Crippen molar-refractivity contribution in [3.05, 3.63) is 77.7 Å². The maximum Gasteiger partial charge on any atom is 0.123 e. The van der Waals surface area contributed by atoms with Gasteiger partial charge < -0.3 is 5.32 Å². The Morgan fingerprint density at radius 3 is 2.60 bits per heavy atom. The monoisotopic (exact) mass is 266 g/mol. The third-order valence-electron chi connectivity index (χ3n) is 3.21. The Morgan fingerprint density at radius 2 is 1.75 bits per heavy atom. The molecule has 0 aliphatic heterocycles. The molecule has 3 rings (SSSR count). The highest BCUT2D eigenvalue weighted by atomic mass is 19.1. The van der Waals surface area contributed by atoms with Gasteiger partial charge in [0.25, 0.3) is 0 Å². The molecular formula is C17H15FN2. The largest absolute Gasteiger partial charge is 0.309 e. The maximum absolute atomic E-state index is 13.1. The summed E-state index contributed by atoms with van der Waals surface area (Å²) in [5, 5.41) is 4.46. The van der Waals surface area contributed by atoms with Crippen molar-refractivity contribution in [2.24, 2.45) is 0 Å². The fourth-order valence-corrected chi connectivity index (χ4v) is 2.23. The van der Waals surface area contributed by atoms with E-state index in [1.807, 2.05) is 18.2 Å². The van der Waals surface area contributed by atoms with E-state index >= 15 is 0 Å². The van der Waals surface area contributed by atoms with Gasteiger partial charge in [-0.1, -0.05) is 24.3 Å². The van der Waals surface area contributed by atoms with Crippen LogP contribution in [0.5, 0.6) is 0 Å². The van der Waals surface area contributed by atoms with E-state index in [-0.39, 0.29) is 5.82 Å². The summed E-state index contributed by atoms with van der Waals surface area (Å²) in [5.41, 5.74) is 3.15. The molecule has 0 aliphatic rings. The van der Waals surface area contributed by atoms with Gasteiger partial charge in [0.05, 0.1) is 5.52 Å². The lowest BCUT2D eigenvalue weighted by Crippen LogP contribution is -2.12. The standard InChI is InChI=1S/C17H15FN2/c18-16-5-1-3-13(10-16)11-19-12-14-6-7-17-15(9-14)4-2-8-20-17/h1-10,19H,11-12H2. The number of pyridine rings is 1. The Morgan fingerprint density at radius 1 is 0.900 bits per heavy atom. The van der Waals surface area contributed by atoms with Crippen molar-refractivity contribution in [1.29, 1.82) is 0 Å². The van der Waals surface area contributed by atoms with Crippen LogP contribution in [-0.2, 0) is 13.1 Å². The summed E-state index contributed by atoms with van der Waals surface area (Å²) in [7, 11) is 0. The molecule has 1 N–H and O–H groups in total. The van der Waals surface area contributed by atoms with Gasteiger partial charge in [0.15, 0.2) is 0 Å². The molecule has 2 nitrogen and oxygen atoms in total. The molecule has 0 saturated heterocycles. The number of benzene rings is 2. The third-order valence-corrected chi connectivity index (χ3v) is 3.21. The van der Waals surface area contributed by atoms with Gasteiger partial charge in [0.1, 0.15) is 5.82 Å². The number of nitrogens with zero attached hydrogens (tertiary/aromatic N) is 1. The quantitative estimate of drug-likeness (QED) is 0.779. The summed E-state index contributed by atoms with van der Waals surface area (Å²) in [6.07, 6.45) is 1.80. The van der Waals surface area contributed by atoms with E-state index in [1.165, 1.54) is 11.6 Å². The molecule has 2 aromatic carbocycles. The summed E-state index contributed by atoms with van der Waals surface area (Å²) in [5.74, 6) is -0.193. The van der Waals surface area contributed by atoms with Crippen LogP contribution in [0.1, 0.15) is 11.1 Å². The van der Waals surface area contributed by atoms with E-state index in [1.54, 1.807) is 18.3 Å². The van der Waals surface area contributed by atoms with Crippen LogP contribution < -0.4 is 5.32 Å². The Hall–Kier alpha value is -2.26. The van der Waals surface area contributed by atoms with Crippen LogP contribution >= 0.6 is 0 Å². The Bertz CT molecular complexity index is 725. The second kappa shape index (κ2) is 5.80. The van der Waals surface area contributed by atoms with Gasteiger partial charge in [-0.2, -0.15) is 0 Å². The molecule has 1 heterocycles. The Labute approximate surface area is 117 Å². The van der Waals surface area contributed by atoms with Crippen LogP contribution in [0.2, 0.25) is 0 Å². The predicted molar refractivity (Wildman–Crippen MR) is 78.7 cm³/mol. The molecule has 3 aromatic rings. The molecule has 0 atom stereocenters. The van der Waals surface area contributed by atoms with Crippen molar-refractivity contribution in [1.82, 2.24) is 10.3 Å². The molecule has 0 fully saturated rings. The van der Waals surface area contributed by atoms with Crippen molar-refractivity contribution < 1.29 is 4.39 Å². The van der Waals surface area contributed by atoms with E-state index in [0.29, 0.717) is 6.54 Å². The van der Waals surface area contributed by atoms with Crippen LogP contribution in [0.25, 0.3) is 10.9 Å². The minimum atomic E-state index is -0.193. The number of hydrogen-bond acceptors (Lipinski definition) is 2. The molecule has 0 unspecified atom stereocenters. The normalized spacial score (nSPS) is 10.8. The lowest BCUT2D eigenvalue weighted by Gasteiger charge is -2.06. The van der Waals surface area contributed by atoms with E-state index in [0.717, 1.165) is 23.0 Å². The van der Waals surface area contributed by atoms with Crippen LogP contribution in [0.4, 0.5) is 4.39 Å². The highest BCUT2D eigenvalue weighted by molar-refractivity contribution is 5.78. The lowest BCUT2D eigenvalue weighted by molar-refractivity contribution is 0.620. The van der Waals surface area contributed by atoms with E-state index in [9.17, 15) is 4.39 Å². The Balaban J connectivity index is 1.65. The molecule has 0 radical (unpaired) electrons. The minimum absolute atomic E-state index is 0.193. The SMILES string of the molecule is Fc1cccc(CNCc2ccc3ncccc3c2)c1. The fraction of sp³-hybridized carbons (Fsp3) is 0.118. The van der Waals surface area contributed by atoms with Crippen molar-refractivity contribution in [2.75, 3.05) is 0 Å². The topological polar surface area (TPSA) is 24.9 Å². The first kappa shape index (κ1) is 12.8. The first-order chi connectivity index (χ1) is 9.81. The summed E-state index contributed by atoms with van der Waals surface area (Å²) < 4.78 is 13.1. The zero-order valence-corrected chi connectivity index (χ0v) is 11.0. The highest BCUT2D eigenvalue weighted by Gasteiger charge is 1.98. The Kier molecular flexibility index (Phi) is 3.70. The second-order valence-corrected chi connectivity index (χ2v) is 4.76. The first-order valence-electron chi connectivity index (χ1n) is 6.60. The molecule has 0 spiro atoms. The van der Waals surface area contributed by atoms with E-state index < -0.39 is 0 Å². The first-order valence-corrected chi connectivity index (χ1v) is 6.60. The minimum Gasteiger partial charge on any atom is -0.309 e. The number of fused-ring (bicyclic) bond motifs is 1. The fourth-order valence-electron chi connectivity index (χ4n) is 2.23. The van der Waals surface area contributed by atoms with Crippen LogP contribution in [0, 0.1) is 5.82 Å². The molecule has 100 valence electrons. The van der Waals surface area contributed by atoms with Crippen LogP contribution in [0.15, 0.2) is 60.8 Å². The van der Waals surface area contributed by atoms with Gasteiger partial charge in [0, 0.05) is 24.7 Å². The number of rotatable bonds is 4. The van der Waals surface area contributed by atoms with E-state index in [4.69, 9.17) is 0 Å². The summed E-state index contributed by atoms with van der Waals surface area (Å²) >= 11 is 0. The van der Waals surface area contributed by atoms with Gasteiger partial charge in [-0.3, -0.25) is 4.98 Å². The molecule has 0 aliphatic carbocycles. The van der Waals surface area contributed by atoms with Crippen LogP contribution in [-0.4, -0.2) is 4.98 Å². The molecule has 0 saturated carbocycles. The molecule has 1 aromatic heterocycles. The van der Waals surface area contributed by atoms with Gasteiger partial charge >= 0.3 is 0 Å². The van der Waals surface area contributed by atoms with E-state index in [2.05, 4.69) is 28.5 Å². The summed E-state index contributed by atoms with van der Waals surface area (Å²) in [6.45, 7) is 1.41. The van der Waals surface area contributed by atoms with Crippen molar-refractivity contribution in [2.45, 2.75) is 13.1 Å². The predicted octanol–water partition coefficient (Wildman–Crippen LogP) is 3.66. The second-order valence-electron chi connectivity index (χ2n) is 4.76. The molecule has 0 bridgehead atoms. The molecule has 3 heteroatoms. The molecule has 0 amide bonds. The number of hydrogen-bond donors (Lipinski definition) is 1. The van der Waals surface area contributed by atoms with Gasteiger partial charge in [-0.25, -0.2) is 4.39 Å². The van der Waals surface area contributed by atoms with Gasteiger partial charge in [-0.15, -0.1) is 0 Å². The number of nitrogens with one attached hydrogen (secondary N) is 1. The highest BCUT2D eigenvalue weighted by Crippen LogP contribution is 2.13. The number of aromatic nitrogens is 1. The van der Waals surface area contributed by atoms with Gasteiger partial charge in [0.2, 0.25) is 0 Å². The van der Waals surface area contributed by atoms with Crippen molar-refractivity contribution in [3.63, 3.8) is 0 Å². The van der Waals surface area contributed by atoms with Crippen molar-refractivity contribution >= 4 is 10.9 Å². The number of halogens is 1. The van der Waals surface area contributed by atoms with Crippen molar-refractivity contribution in [3.8, 4) is 0 Å². The molecule has 20 heavy (non-hydrogen) atoms. The van der Waals surface area contributed by atoms with Crippen LogP contribution in [0.3, 0.4) is 0 Å².